The van der Waals surface area contributed by atoms with Crippen molar-refractivity contribution in [1.29, 1.82) is 0 Å². The molecule has 14 heavy (non-hydrogen) atoms. The van der Waals surface area contributed by atoms with E-state index in [-0.39, 0.29) is 0 Å². The highest BCUT2D eigenvalue weighted by Crippen LogP contribution is 2.11. The lowest BCUT2D eigenvalue weighted by Gasteiger charge is -2.20. The first-order chi connectivity index (χ1) is 6.37. The lowest BCUT2D eigenvalue weighted by atomic mass is 9.46. The molecule has 0 N–H and O–H groups in total. The maximum absolute atomic E-state index is 2.28. The summed E-state index contributed by atoms with van der Waals surface area (Å²) in [5.74, 6) is 0. The fourth-order valence-corrected chi connectivity index (χ4v) is 2.40. The molecule has 1 aromatic rings. The van der Waals surface area contributed by atoms with Crippen molar-refractivity contribution in [3.8, 4) is 0 Å². The minimum Gasteiger partial charge on any atom is -0.0835 e. The molecule has 0 amide bonds. The molecule has 0 nitrogen and oxygen atoms in total. The van der Waals surface area contributed by atoms with Gasteiger partial charge in [0.15, 0.2) is 6.71 Å². The van der Waals surface area contributed by atoms with Crippen molar-refractivity contribution >= 4 is 25.5 Å². The molecule has 0 saturated carbocycles. The van der Waals surface area contributed by atoms with Crippen molar-refractivity contribution in [2.75, 3.05) is 0 Å². The van der Waals surface area contributed by atoms with E-state index in [9.17, 15) is 0 Å². The van der Waals surface area contributed by atoms with Gasteiger partial charge in [-0.3, -0.25) is 0 Å². The molecule has 0 spiro atoms. The molecule has 0 radical (unpaired) electrons. The van der Waals surface area contributed by atoms with E-state index < -0.39 is 0 Å². The SMILES string of the molecule is Bc1c(C)c(C)c(C)c(B(C)C)c1C. The van der Waals surface area contributed by atoms with Crippen molar-refractivity contribution in [2.45, 2.75) is 41.3 Å². The van der Waals surface area contributed by atoms with Gasteiger partial charge in [0.05, 0.1) is 0 Å². The third-order valence-electron chi connectivity index (χ3n) is 3.64. The molecule has 1 aromatic carbocycles. The maximum atomic E-state index is 2.28. The Kier molecular flexibility index (Phi) is 3.14. The average Bonchev–Trinajstić information content (AvgIpc) is 2.11. The molecule has 0 aliphatic carbocycles. The van der Waals surface area contributed by atoms with E-state index >= 15 is 0 Å². The summed E-state index contributed by atoms with van der Waals surface area (Å²) in [7, 11) is 2.24. The van der Waals surface area contributed by atoms with E-state index in [1.807, 2.05) is 0 Å². The van der Waals surface area contributed by atoms with Gasteiger partial charge >= 0.3 is 0 Å². The molecule has 0 heterocycles. The summed E-state index contributed by atoms with van der Waals surface area (Å²) < 4.78 is 0. The summed E-state index contributed by atoms with van der Waals surface area (Å²) in [6.07, 6.45) is 0. The van der Waals surface area contributed by atoms with Crippen molar-refractivity contribution in [2.24, 2.45) is 0 Å². The number of hydrogen-bond donors (Lipinski definition) is 0. The van der Waals surface area contributed by atoms with Crippen molar-refractivity contribution < 1.29 is 0 Å². The van der Waals surface area contributed by atoms with Crippen LogP contribution in [0.15, 0.2) is 0 Å². The molecule has 0 unspecified atom stereocenters. The highest BCUT2D eigenvalue weighted by molar-refractivity contribution is 6.72. The van der Waals surface area contributed by atoms with Crippen LogP contribution in [0, 0.1) is 27.7 Å². The summed E-state index contributed by atoms with van der Waals surface area (Å²) in [6, 6.07) is 0. The molecule has 1 rings (SSSR count). The van der Waals surface area contributed by atoms with Crippen LogP contribution < -0.4 is 10.9 Å². The van der Waals surface area contributed by atoms with Gasteiger partial charge in [0.2, 0.25) is 0 Å². The second-order valence-electron chi connectivity index (χ2n) is 4.69. The van der Waals surface area contributed by atoms with Gasteiger partial charge in [-0.05, 0) is 33.3 Å². The fraction of sp³-hybridized carbons (Fsp3) is 0.500. The van der Waals surface area contributed by atoms with Crippen molar-refractivity contribution in [3.05, 3.63) is 22.3 Å². The second-order valence-corrected chi connectivity index (χ2v) is 4.69. The van der Waals surface area contributed by atoms with Gasteiger partial charge in [0, 0.05) is 0 Å². The Balaban J connectivity index is 3.60. The van der Waals surface area contributed by atoms with Crippen LogP contribution in [-0.4, -0.2) is 14.6 Å². The van der Waals surface area contributed by atoms with Gasteiger partial charge in [0.25, 0.3) is 0 Å². The number of rotatable bonds is 1. The lowest BCUT2D eigenvalue weighted by Crippen LogP contribution is -2.35. The van der Waals surface area contributed by atoms with Crippen LogP contribution in [-0.2, 0) is 0 Å². The summed E-state index contributed by atoms with van der Waals surface area (Å²) in [5, 5.41) is 0. The van der Waals surface area contributed by atoms with Gasteiger partial charge in [-0.2, -0.15) is 0 Å². The van der Waals surface area contributed by atoms with Crippen molar-refractivity contribution in [1.82, 2.24) is 0 Å². The van der Waals surface area contributed by atoms with Gasteiger partial charge in [-0.15, -0.1) is 0 Å². The predicted octanol–water partition coefficient (Wildman–Crippen LogP) is 1.14. The Hall–Kier alpha value is -0.650. The smallest absolute Gasteiger partial charge is 0.0835 e. The monoisotopic (exact) mass is 186 g/mol. The number of benzene rings is 1. The molecular formula is C12H20B2. The Bertz CT molecular complexity index is 336. The van der Waals surface area contributed by atoms with E-state index in [1.165, 1.54) is 27.7 Å². The fourth-order valence-electron chi connectivity index (χ4n) is 2.40. The molecule has 0 aliphatic rings. The minimum atomic E-state index is 0.632. The van der Waals surface area contributed by atoms with Crippen molar-refractivity contribution in [3.63, 3.8) is 0 Å². The molecule has 2 heteroatoms. The quantitative estimate of drug-likeness (QED) is 0.576. The van der Waals surface area contributed by atoms with Gasteiger partial charge in [0.1, 0.15) is 7.85 Å². The highest BCUT2D eigenvalue weighted by atomic mass is 14.1. The Labute approximate surface area is 89.6 Å². The normalized spacial score (nSPS) is 10.4. The topological polar surface area (TPSA) is 0 Å². The van der Waals surface area contributed by atoms with E-state index in [4.69, 9.17) is 0 Å². The van der Waals surface area contributed by atoms with Crippen LogP contribution >= 0.6 is 0 Å². The molecule has 0 aliphatic heterocycles. The Morgan fingerprint density at radius 1 is 0.786 bits per heavy atom. The first-order valence-corrected chi connectivity index (χ1v) is 5.44. The highest BCUT2D eigenvalue weighted by Gasteiger charge is 2.15. The largest absolute Gasteiger partial charge is 0.170 e. The minimum absolute atomic E-state index is 0.632. The summed E-state index contributed by atoms with van der Waals surface area (Å²) >= 11 is 0. The molecule has 0 fully saturated rings. The maximum Gasteiger partial charge on any atom is 0.170 e. The molecule has 0 saturated heterocycles. The van der Waals surface area contributed by atoms with Crippen LogP contribution in [0.2, 0.25) is 13.6 Å². The van der Waals surface area contributed by atoms with Gasteiger partial charge in [-0.25, -0.2) is 0 Å². The van der Waals surface area contributed by atoms with Crippen LogP contribution in [0.3, 0.4) is 0 Å². The zero-order valence-electron chi connectivity index (χ0n) is 10.6. The average molecular weight is 186 g/mol. The molecule has 0 bridgehead atoms. The summed E-state index contributed by atoms with van der Waals surface area (Å²) in [5.41, 5.74) is 8.92. The first kappa shape index (κ1) is 11.4. The van der Waals surface area contributed by atoms with Gasteiger partial charge in [-0.1, -0.05) is 41.3 Å². The third kappa shape index (κ3) is 1.63. The molecule has 0 atom stereocenters. The Morgan fingerprint density at radius 3 is 1.71 bits per heavy atom. The summed E-state index contributed by atoms with van der Waals surface area (Å²) in [6.45, 7) is 14.2. The van der Waals surface area contributed by atoms with E-state index in [2.05, 4.69) is 49.2 Å². The number of hydrogen-bond acceptors (Lipinski definition) is 0. The molecule has 0 aromatic heterocycles. The van der Waals surface area contributed by atoms with Crippen LogP contribution in [0.25, 0.3) is 0 Å². The Morgan fingerprint density at radius 2 is 1.29 bits per heavy atom. The van der Waals surface area contributed by atoms with Crippen LogP contribution in [0.4, 0.5) is 0 Å². The van der Waals surface area contributed by atoms with Gasteiger partial charge < -0.3 is 0 Å². The zero-order chi connectivity index (χ0) is 11.0. The zero-order valence-corrected chi connectivity index (χ0v) is 10.6. The third-order valence-corrected chi connectivity index (χ3v) is 3.64. The predicted molar refractivity (Wildman–Crippen MR) is 70.7 cm³/mol. The lowest BCUT2D eigenvalue weighted by molar-refractivity contribution is 1.28. The van der Waals surface area contributed by atoms with Crippen LogP contribution in [0.5, 0.6) is 0 Å². The van der Waals surface area contributed by atoms with E-state index in [1.54, 1.807) is 5.46 Å². The summed E-state index contributed by atoms with van der Waals surface area (Å²) in [4.78, 5) is 0. The standard InChI is InChI=1S/C12H20B2/c1-7-8(2)11(13)10(4)12(9(7)3)14(5)6/h13H2,1-6H3. The molecule has 74 valence electrons. The first-order valence-electron chi connectivity index (χ1n) is 5.44. The molecular weight excluding hydrogens is 166 g/mol. The second kappa shape index (κ2) is 3.84. The van der Waals surface area contributed by atoms with E-state index in [0.29, 0.717) is 6.71 Å². The van der Waals surface area contributed by atoms with E-state index in [0.717, 1.165) is 0 Å². The van der Waals surface area contributed by atoms with Crippen LogP contribution in [0.1, 0.15) is 22.3 Å².